The number of aromatic nitrogens is 2. The van der Waals surface area contributed by atoms with Crippen LogP contribution >= 0.6 is 0 Å². The van der Waals surface area contributed by atoms with Crippen LogP contribution < -0.4 is 5.32 Å². The predicted molar refractivity (Wildman–Crippen MR) is 91.4 cm³/mol. The average molecular weight is 322 g/mol. The lowest BCUT2D eigenvalue weighted by molar-refractivity contribution is -0.119. The van der Waals surface area contributed by atoms with Crippen LogP contribution in [-0.4, -0.2) is 51.4 Å². The van der Waals surface area contributed by atoms with Crippen molar-refractivity contribution in [3.63, 3.8) is 0 Å². The Bertz CT molecular complexity index is 547. The van der Waals surface area contributed by atoms with E-state index in [0.29, 0.717) is 12.5 Å². The van der Waals surface area contributed by atoms with Gasteiger partial charge in [0.1, 0.15) is 5.82 Å². The second-order valence-electron chi connectivity index (χ2n) is 7.64. The minimum atomic E-state index is -0.190. The number of carbonyl (C=O) groups excluding carboxylic acids is 1. The maximum atomic E-state index is 12.5. The second kappa shape index (κ2) is 7.01. The van der Waals surface area contributed by atoms with E-state index in [9.17, 15) is 9.90 Å². The largest absolute Gasteiger partial charge is 0.395 e. The zero-order chi connectivity index (χ0) is 17.2. The summed E-state index contributed by atoms with van der Waals surface area (Å²) in [5.41, 5.74) is 0.694. The highest BCUT2D eigenvalue weighted by molar-refractivity contribution is 5.91. The van der Waals surface area contributed by atoms with Crippen LogP contribution in [0.5, 0.6) is 0 Å². The summed E-state index contributed by atoms with van der Waals surface area (Å²) >= 11 is 0. The number of nitrogens with one attached hydrogen (secondary N) is 1. The molecule has 6 heteroatoms. The number of anilines is 1. The van der Waals surface area contributed by atoms with Gasteiger partial charge in [-0.3, -0.25) is 9.69 Å². The van der Waals surface area contributed by atoms with Crippen LogP contribution in [-0.2, 0) is 10.3 Å². The molecule has 1 aliphatic heterocycles. The summed E-state index contributed by atoms with van der Waals surface area (Å²) in [6, 6.07) is 1.97. The van der Waals surface area contributed by atoms with Gasteiger partial charge in [-0.2, -0.15) is 5.10 Å². The van der Waals surface area contributed by atoms with Crippen molar-refractivity contribution in [2.45, 2.75) is 59.0 Å². The Labute approximate surface area is 138 Å². The third-order valence-electron chi connectivity index (χ3n) is 4.50. The van der Waals surface area contributed by atoms with Gasteiger partial charge < -0.3 is 10.4 Å². The van der Waals surface area contributed by atoms with Crippen molar-refractivity contribution in [2.24, 2.45) is 5.92 Å². The summed E-state index contributed by atoms with van der Waals surface area (Å²) in [7, 11) is 0. The number of carbonyl (C=O) groups is 1. The molecule has 6 nitrogen and oxygen atoms in total. The zero-order valence-corrected chi connectivity index (χ0v) is 15.0. The number of rotatable bonds is 4. The molecule has 1 saturated heterocycles. The molecule has 1 fully saturated rings. The Kier molecular flexibility index (Phi) is 5.47. The van der Waals surface area contributed by atoms with Crippen molar-refractivity contribution in [3.8, 4) is 0 Å². The van der Waals surface area contributed by atoms with Gasteiger partial charge in [-0.15, -0.1) is 0 Å². The molecule has 130 valence electrons. The number of hydrogen-bond acceptors (Lipinski definition) is 4. The molecule has 1 amide bonds. The summed E-state index contributed by atoms with van der Waals surface area (Å²) < 4.78 is 1.85. The fraction of sp³-hybridized carbons (Fsp3) is 0.765. The number of amides is 1. The van der Waals surface area contributed by atoms with Gasteiger partial charge in [0.25, 0.3) is 0 Å². The molecule has 0 radical (unpaired) electrons. The molecule has 0 aromatic carbocycles. The first-order valence-electron chi connectivity index (χ1n) is 8.44. The average Bonchev–Trinajstić information content (AvgIpc) is 2.79. The van der Waals surface area contributed by atoms with E-state index in [0.717, 1.165) is 30.9 Å². The maximum absolute atomic E-state index is 12.5. The molecule has 1 aromatic heterocycles. The van der Waals surface area contributed by atoms with E-state index in [1.165, 1.54) is 0 Å². The monoisotopic (exact) mass is 322 g/mol. The molecule has 2 atom stereocenters. The van der Waals surface area contributed by atoms with E-state index >= 15 is 0 Å². The van der Waals surface area contributed by atoms with E-state index < -0.39 is 0 Å². The van der Waals surface area contributed by atoms with Crippen molar-refractivity contribution in [3.05, 3.63) is 11.8 Å². The van der Waals surface area contributed by atoms with E-state index in [2.05, 4.69) is 43.0 Å². The minimum Gasteiger partial charge on any atom is -0.395 e. The van der Waals surface area contributed by atoms with Crippen LogP contribution in [0.1, 0.15) is 46.2 Å². The fourth-order valence-electron chi connectivity index (χ4n) is 3.29. The Hall–Kier alpha value is -1.40. The van der Waals surface area contributed by atoms with Gasteiger partial charge in [0.2, 0.25) is 5.91 Å². The number of likely N-dealkylation sites (tertiary alicyclic amines) is 1. The summed E-state index contributed by atoms with van der Waals surface area (Å²) in [6.07, 6.45) is 2.18. The predicted octanol–water partition coefficient (Wildman–Crippen LogP) is 1.98. The molecule has 1 aromatic rings. The van der Waals surface area contributed by atoms with Crippen molar-refractivity contribution in [1.29, 1.82) is 0 Å². The van der Waals surface area contributed by atoms with E-state index in [1.54, 1.807) is 0 Å². The third-order valence-corrected chi connectivity index (χ3v) is 4.50. The Balaban J connectivity index is 2.05. The van der Waals surface area contributed by atoms with E-state index in [1.807, 2.05) is 17.7 Å². The van der Waals surface area contributed by atoms with Gasteiger partial charge in [-0.1, -0.05) is 6.92 Å². The molecule has 0 bridgehead atoms. The standard InChI is InChI=1S/C17H30N4O2/c1-12-7-6-8-20(14(12)11-22)10-16(23)18-15-9-13(2)19-21(15)17(3,4)5/h9,12,14,22H,6-8,10-11H2,1-5H3,(H,18,23). The number of aliphatic hydroxyl groups is 1. The minimum absolute atomic E-state index is 0.0528. The van der Waals surface area contributed by atoms with E-state index in [-0.39, 0.29) is 24.1 Å². The molecule has 2 N–H and O–H groups in total. The highest BCUT2D eigenvalue weighted by atomic mass is 16.3. The molecule has 0 spiro atoms. The highest BCUT2D eigenvalue weighted by Crippen LogP contribution is 2.24. The van der Waals surface area contributed by atoms with Crippen molar-refractivity contribution >= 4 is 11.7 Å². The van der Waals surface area contributed by atoms with Crippen molar-refractivity contribution < 1.29 is 9.90 Å². The first-order valence-corrected chi connectivity index (χ1v) is 8.44. The Morgan fingerprint density at radius 3 is 2.78 bits per heavy atom. The topological polar surface area (TPSA) is 70.4 Å². The van der Waals surface area contributed by atoms with Gasteiger partial charge in [0.15, 0.2) is 0 Å². The number of aliphatic hydroxyl groups excluding tert-OH is 1. The molecule has 0 aliphatic carbocycles. The number of piperidine rings is 1. The molecule has 2 heterocycles. The quantitative estimate of drug-likeness (QED) is 0.889. The molecule has 1 aliphatic rings. The van der Waals surface area contributed by atoms with E-state index in [4.69, 9.17) is 0 Å². The Morgan fingerprint density at radius 2 is 2.17 bits per heavy atom. The molecule has 2 rings (SSSR count). The number of aryl methyl sites for hydroxylation is 1. The fourth-order valence-corrected chi connectivity index (χ4v) is 3.29. The Morgan fingerprint density at radius 1 is 1.48 bits per heavy atom. The normalized spacial score (nSPS) is 23.0. The van der Waals surface area contributed by atoms with Gasteiger partial charge in [-0.05, 0) is 53.0 Å². The highest BCUT2D eigenvalue weighted by Gasteiger charge is 2.29. The lowest BCUT2D eigenvalue weighted by atomic mass is 9.91. The van der Waals surface area contributed by atoms with Crippen LogP contribution in [0.25, 0.3) is 0 Å². The molecule has 2 unspecified atom stereocenters. The molecular weight excluding hydrogens is 292 g/mol. The van der Waals surface area contributed by atoms with Gasteiger partial charge in [0.05, 0.1) is 24.4 Å². The van der Waals surface area contributed by atoms with Gasteiger partial charge in [-0.25, -0.2) is 4.68 Å². The van der Waals surface area contributed by atoms with Crippen LogP contribution in [0.4, 0.5) is 5.82 Å². The van der Waals surface area contributed by atoms with Gasteiger partial charge in [0, 0.05) is 12.1 Å². The second-order valence-corrected chi connectivity index (χ2v) is 7.64. The molecule has 0 saturated carbocycles. The molecular formula is C17H30N4O2. The summed E-state index contributed by atoms with van der Waals surface area (Å²) in [6.45, 7) is 11.5. The number of nitrogens with zero attached hydrogens (tertiary/aromatic N) is 3. The summed E-state index contributed by atoms with van der Waals surface area (Å²) in [5.74, 6) is 1.09. The van der Waals surface area contributed by atoms with Crippen LogP contribution in [0.2, 0.25) is 0 Å². The summed E-state index contributed by atoms with van der Waals surface area (Å²) in [4.78, 5) is 14.6. The van der Waals surface area contributed by atoms with Gasteiger partial charge >= 0.3 is 0 Å². The first-order chi connectivity index (χ1) is 10.7. The smallest absolute Gasteiger partial charge is 0.239 e. The third kappa shape index (κ3) is 4.32. The maximum Gasteiger partial charge on any atom is 0.239 e. The lowest BCUT2D eigenvalue weighted by Crippen LogP contribution is -2.49. The summed E-state index contributed by atoms with van der Waals surface area (Å²) in [5, 5.41) is 17.1. The zero-order valence-electron chi connectivity index (χ0n) is 15.0. The molecule has 23 heavy (non-hydrogen) atoms. The first kappa shape index (κ1) is 17.9. The van der Waals surface area contributed by atoms with Crippen LogP contribution in [0.3, 0.4) is 0 Å². The van der Waals surface area contributed by atoms with Crippen molar-refractivity contribution in [2.75, 3.05) is 25.0 Å². The van der Waals surface area contributed by atoms with Crippen LogP contribution in [0, 0.1) is 12.8 Å². The van der Waals surface area contributed by atoms with Crippen molar-refractivity contribution in [1.82, 2.24) is 14.7 Å². The van der Waals surface area contributed by atoms with Crippen LogP contribution in [0.15, 0.2) is 6.07 Å². The number of hydrogen-bond donors (Lipinski definition) is 2. The SMILES string of the molecule is Cc1cc(NC(=O)CN2CCCC(C)C2CO)n(C(C)(C)C)n1. The lowest BCUT2D eigenvalue weighted by Gasteiger charge is -2.38.